The number of nitrogens with one attached hydrogen (secondary N) is 2. The van der Waals surface area contributed by atoms with Crippen molar-refractivity contribution in [3.63, 3.8) is 0 Å². The van der Waals surface area contributed by atoms with Gasteiger partial charge in [0.15, 0.2) is 11.4 Å². The average molecular weight is 431 g/mol. The summed E-state index contributed by atoms with van der Waals surface area (Å²) in [6.45, 7) is 1.21. The van der Waals surface area contributed by atoms with E-state index < -0.39 is 45.5 Å². The molecule has 0 aliphatic heterocycles. The van der Waals surface area contributed by atoms with Gasteiger partial charge in [0.1, 0.15) is 11.9 Å². The summed E-state index contributed by atoms with van der Waals surface area (Å²) >= 11 is 0. The molecule has 0 aliphatic carbocycles. The van der Waals surface area contributed by atoms with Crippen LogP contribution in [0.4, 0.5) is 5.82 Å². The zero-order valence-electron chi connectivity index (χ0n) is 15.5. The fourth-order valence-electron chi connectivity index (χ4n) is 2.79. The van der Waals surface area contributed by atoms with Gasteiger partial charge in [-0.25, -0.2) is 9.71 Å². The molecule has 11 heteroatoms. The highest BCUT2D eigenvalue weighted by Crippen LogP contribution is 2.35. The molecule has 0 saturated carbocycles. The van der Waals surface area contributed by atoms with E-state index in [4.69, 9.17) is 5.11 Å². The van der Waals surface area contributed by atoms with Gasteiger partial charge in [-0.2, -0.15) is 8.42 Å². The van der Waals surface area contributed by atoms with Crippen LogP contribution in [0, 0.1) is 0 Å². The normalized spacial score (nSPS) is 12.3. The SMILES string of the molecule is C[C@H](NC(=O)c1nc(NS(=O)(=O)O)c2cc(-c3ccccc3)ccc2c1O)C(=O)O. The quantitative estimate of drug-likeness (QED) is 0.370. The summed E-state index contributed by atoms with van der Waals surface area (Å²) in [5.41, 5.74) is 0.863. The van der Waals surface area contributed by atoms with Crippen molar-refractivity contribution in [3.8, 4) is 16.9 Å². The second-order valence-electron chi connectivity index (χ2n) is 6.39. The molecule has 0 spiro atoms. The van der Waals surface area contributed by atoms with Crippen LogP contribution in [0.25, 0.3) is 21.9 Å². The Morgan fingerprint density at radius 3 is 2.30 bits per heavy atom. The maximum Gasteiger partial charge on any atom is 0.358 e. The van der Waals surface area contributed by atoms with Crippen LogP contribution in [-0.4, -0.2) is 46.1 Å². The van der Waals surface area contributed by atoms with Crippen LogP contribution in [0.5, 0.6) is 5.75 Å². The number of benzene rings is 2. The third kappa shape index (κ3) is 4.47. The summed E-state index contributed by atoms with van der Waals surface area (Å²) in [4.78, 5) is 27.2. The summed E-state index contributed by atoms with van der Waals surface area (Å²) < 4.78 is 33.8. The number of carbonyl (C=O) groups is 2. The van der Waals surface area contributed by atoms with Gasteiger partial charge < -0.3 is 15.5 Å². The minimum Gasteiger partial charge on any atom is -0.505 e. The van der Waals surface area contributed by atoms with E-state index >= 15 is 0 Å². The van der Waals surface area contributed by atoms with Gasteiger partial charge in [0.25, 0.3) is 5.91 Å². The van der Waals surface area contributed by atoms with Crippen LogP contribution in [0.1, 0.15) is 17.4 Å². The highest BCUT2D eigenvalue weighted by atomic mass is 32.2. The predicted octanol–water partition coefficient (Wildman–Crippen LogP) is 2.02. The Labute approximate surface area is 171 Å². The number of aromatic hydroxyl groups is 1. The Balaban J connectivity index is 2.20. The zero-order chi connectivity index (χ0) is 22.1. The van der Waals surface area contributed by atoms with Crippen molar-refractivity contribution >= 4 is 38.8 Å². The third-order valence-corrected chi connectivity index (χ3v) is 4.69. The molecule has 0 aliphatic rings. The number of carboxylic acids is 1. The van der Waals surface area contributed by atoms with Gasteiger partial charge in [-0.05, 0) is 30.2 Å². The molecule has 0 unspecified atom stereocenters. The van der Waals surface area contributed by atoms with E-state index in [1.165, 1.54) is 19.1 Å². The van der Waals surface area contributed by atoms with Gasteiger partial charge in [-0.15, -0.1) is 0 Å². The number of anilines is 1. The molecule has 156 valence electrons. The molecule has 1 atom stereocenters. The molecule has 30 heavy (non-hydrogen) atoms. The molecule has 1 amide bonds. The van der Waals surface area contributed by atoms with Crippen LogP contribution < -0.4 is 10.0 Å². The van der Waals surface area contributed by atoms with Crippen LogP contribution >= 0.6 is 0 Å². The van der Waals surface area contributed by atoms with Gasteiger partial charge in [0.05, 0.1) is 0 Å². The van der Waals surface area contributed by atoms with Gasteiger partial charge in [-0.1, -0.05) is 36.4 Å². The molecular weight excluding hydrogens is 414 g/mol. The standard InChI is InChI=1S/C19H17N3O7S/c1-10(19(25)26)20-18(24)15-16(23)13-8-7-12(11-5-3-2-4-6-11)9-14(13)17(21-15)22-30(27,28)29/h2-10,23H,1H3,(H,20,24)(H,21,22)(H,25,26)(H,27,28,29)/t10-/m0/s1. The van der Waals surface area contributed by atoms with Gasteiger partial charge in [-0.3, -0.25) is 14.1 Å². The molecule has 1 heterocycles. The van der Waals surface area contributed by atoms with Gasteiger partial charge in [0, 0.05) is 10.8 Å². The molecule has 0 fully saturated rings. The van der Waals surface area contributed by atoms with Crippen molar-refractivity contribution in [2.45, 2.75) is 13.0 Å². The summed E-state index contributed by atoms with van der Waals surface area (Å²) in [6, 6.07) is 12.4. The monoisotopic (exact) mass is 431 g/mol. The van der Waals surface area contributed by atoms with Crippen LogP contribution in [0.15, 0.2) is 48.5 Å². The lowest BCUT2D eigenvalue weighted by molar-refractivity contribution is -0.138. The molecular formula is C19H17N3O7S. The fraction of sp³-hybridized carbons (Fsp3) is 0.105. The predicted molar refractivity (Wildman–Crippen MR) is 109 cm³/mol. The Morgan fingerprint density at radius 1 is 1.03 bits per heavy atom. The number of fused-ring (bicyclic) bond motifs is 1. The second-order valence-corrected chi connectivity index (χ2v) is 7.55. The first-order valence-corrected chi connectivity index (χ1v) is 10.0. The number of hydrogen-bond acceptors (Lipinski definition) is 6. The lowest BCUT2D eigenvalue weighted by Crippen LogP contribution is -2.38. The lowest BCUT2D eigenvalue weighted by atomic mass is 10.0. The number of aliphatic carboxylic acids is 1. The Kier molecular flexibility index (Phi) is 5.58. The van der Waals surface area contributed by atoms with E-state index in [2.05, 4.69) is 10.3 Å². The fourth-order valence-corrected chi connectivity index (χ4v) is 3.19. The molecule has 3 aromatic rings. The molecule has 2 aromatic carbocycles. The van der Waals surface area contributed by atoms with E-state index in [9.17, 15) is 27.7 Å². The zero-order valence-corrected chi connectivity index (χ0v) is 16.3. The molecule has 3 rings (SSSR count). The molecule has 5 N–H and O–H groups in total. The van der Waals surface area contributed by atoms with Crippen molar-refractivity contribution in [2.24, 2.45) is 0 Å². The van der Waals surface area contributed by atoms with Crippen LogP contribution in [0.3, 0.4) is 0 Å². The Hall–Kier alpha value is -3.70. The first-order chi connectivity index (χ1) is 14.1. The van der Waals surface area contributed by atoms with Gasteiger partial charge in [0.2, 0.25) is 0 Å². The van der Waals surface area contributed by atoms with Crippen LogP contribution in [-0.2, 0) is 15.1 Å². The maximum atomic E-state index is 12.4. The average Bonchev–Trinajstić information content (AvgIpc) is 2.69. The minimum absolute atomic E-state index is 0.0731. The first-order valence-electron chi connectivity index (χ1n) is 8.58. The highest BCUT2D eigenvalue weighted by Gasteiger charge is 2.24. The summed E-state index contributed by atoms with van der Waals surface area (Å²) in [5.74, 6) is -3.32. The van der Waals surface area contributed by atoms with Crippen molar-refractivity contribution in [3.05, 3.63) is 54.2 Å². The van der Waals surface area contributed by atoms with Crippen molar-refractivity contribution < 1.29 is 32.8 Å². The van der Waals surface area contributed by atoms with Crippen molar-refractivity contribution in [2.75, 3.05) is 4.72 Å². The number of rotatable bonds is 6. The summed E-state index contributed by atoms with van der Waals surface area (Å²) in [7, 11) is -4.76. The number of nitrogens with zero attached hydrogens (tertiary/aromatic N) is 1. The molecule has 1 aromatic heterocycles. The smallest absolute Gasteiger partial charge is 0.358 e. The minimum atomic E-state index is -4.76. The number of carbonyl (C=O) groups excluding carboxylic acids is 1. The number of pyridine rings is 1. The lowest BCUT2D eigenvalue weighted by Gasteiger charge is -2.15. The molecule has 0 bridgehead atoms. The third-order valence-electron chi connectivity index (χ3n) is 4.24. The number of carboxylic acid groups (broad SMARTS) is 1. The van der Waals surface area contributed by atoms with Gasteiger partial charge >= 0.3 is 16.3 Å². The van der Waals surface area contributed by atoms with E-state index in [1.807, 2.05) is 35.1 Å². The number of hydrogen-bond donors (Lipinski definition) is 5. The molecule has 10 nitrogen and oxygen atoms in total. The summed E-state index contributed by atoms with van der Waals surface area (Å²) in [5, 5.41) is 21.8. The van der Waals surface area contributed by atoms with E-state index in [1.54, 1.807) is 6.07 Å². The Bertz CT molecular complexity index is 1240. The number of aromatic nitrogens is 1. The van der Waals surface area contributed by atoms with E-state index in [-0.39, 0.29) is 10.8 Å². The topological polar surface area (TPSA) is 166 Å². The van der Waals surface area contributed by atoms with Crippen molar-refractivity contribution in [1.29, 1.82) is 0 Å². The largest absolute Gasteiger partial charge is 0.505 e. The second kappa shape index (κ2) is 7.97. The Morgan fingerprint density at radius 2 is 1.70 bits per heavy atom. The molecule has 0 saturated heterocycles. The van der Waals surface area contributed by atoms with E-state index in [0.29, 0.717) is 5.56 Å². The number of amides is 1. The highest BCUT2D eigenvalue weighted by molar-refractivity contribution is 7.87. The first kappa shape index (κ1) is 21.0. The van der Waals surface area contributed by atoms with E-state index in [0.717, 1.165) is 5.56 Å². The van der Waals surface area contributed by atoms with Crippen LogP contribution in [0.2, 0.25) is 0 Å². The van der Waals surface area contributed by atoms with Crippen molar-refractivity contribution in [1.82, 2.24) is 10.3 Å². The maximum absolute atomic E-state index is 12.4. The summed E-state index contributed by atoms with van der Waals surface area (Å²) in [6.07, 6.45) is 0. The molecule has 0 radical (unpaired) electrons.